The number of hydrogen-bond donors (Lipinski definition) is 1. The molecule has 8 heteroatoms. The number of esters is 2. The molecule has 0 saturated heterocycles. The van der Waals surface area contributed by atoms with Crippen LogP contribution in [0.4, 0.5) is 5.69 Å². The molecule has 0 unspecified atom stereocenters. The summed E-state index contributed by atoms with van der Waals surface area (Å²) in [6.45, 7) is 0. The first-order valence-electron chi connectivity index (χ1n) is 5.52. The van der Waals surface area contributed by atoms with E-state index in [-0.39, 0.29) is 16.8 Å². The van der Waals surface area contributed by atoms with Crippen LogP contribution in [0.2, 0.25) is 0 Å². The highest BCUT2D eigenvalue weighted by molar-refractivity contribution is 6.11. The molecule has 0 heterocycles. The largest absolute Gasteiger partial charge is 0.465 e. The zero-order chi connectivity index (χ0) is 15.8. The van der Waals surface area contributed by atoms with Crippen LogP contribution in [0.3, 0.4) is 0 Å². The lowest BCUT2D eigenvalue weighted by Crippen LogP contribution is -2.14. The number of hydrogen-bond acceptors (Lipinski definition) is 8. The highest BCUT2D eigenvalue weighted by Gasteiger charge is 2.22. The number of ether oxygens (including phenoxy) is 2. The van der Waals surface area contributed by atoms with Gasteiger partial charge in [0.15, 0.2) is 0 Å². The number of rotatable bonds is 4. The highest BCUT2D eigenvalue weighted by Crippen LogP contribution is 2.22. The van der Waals surface area contributed by atoms with Gasteiger partial charge in [0, 0.05) is 0 Å². The lowest BCUT2D eigenvalue weighted by Gasteiger charge is -2.11. The van der Waals surface area contributed by atoms with Gasteiger partial charge in [-0.1, -0.05) is 6.07 Å². The average Bonchev–Trinajstić information content (AvgIpc) is 2.53. The van der Waals surface area contributed by atoms with Gasteiger partial charge in [0.1, 0.15) is 12.1 Å². The topological polar surface area (TPSA) is 125 Å². The second-order valence-corrected chi connectivity index (χ2v) is 3.51. The van der Waals surface area contributed by atoms with E-state index in [2.05, 4.69) is 20.0 Å². The fourth-order valence-corrected chi connectivity index (χ4v) is 1.44. The normalized spacial score (nSPS) is 8.76. The zero-order valence-electron chi connectivity index (χ0n) is 11.2. The number of anilines is 1. The highest BCUT2D eigenvalue weighted by atomic mass is 16.5. The quantitative estimate of drug-likeness (QED) is 0.498. The van der Waals surface area contributed by atoms with Crippen molar-refractivity contribution in [1.82, 2.24) is 0 Å². The molecule has 0 saturated carbocycles. The average molecular weight is 286 g/mol. The Kier molecular flexibility index (Phi) is 5.42. The Morgan fingerprint density at radius 2 is 1.76 bits per heavy atom. The summed E-state index contributed by atoms with van der Waals surface area (Å²) in [6.07, 6.45) is 0. The summed E-state index contributed by atoms with van der Waals surface area (Å²) in [5, 5.41) is 20.7. The first kappa shape index (κ1) is 15.7. The monoisotopic (exact) mass is 286 g/mol. The minimum Gasteiger partial charge on any atom is -0.465 e. The summed E-state index contributed by atoms with van der Waals surface area (Å²) in [5.74, 6) is -1.52. The molecule has 106 valence electrons. The Balaban J connectivity index is 3.36. The molecule has 0 amide bonds. The van der Waals surface area contributed by atoms with Crippen molar-refractivity contribution < 1.29 is 19.1 Å². The minimum absolute atomic E-state index is 0.0278. The van der Waals surface area contributed by atoms with E-state index in [4.69, 9.17) is 10.5 Å². The summed E-state index contributed by atoms with van der Waals surface area (Å²) < 4.78 is 9.19. The molecule has 1 rings (SSSR count). The molecule has 0 spiro atoms. The molecule has 0 bridgehead atoms. The second kappa shape index (κ2) is 7.26. The van der Waals surface area contributed by atoms with Crippen molar-refractivity contribution in [2.75, 3.05) is 19.6 Å². The van der Waals surface area contributed by atoms with Gasteiger partial charge in [0.2, 0.25) is 5.71 Å². The molecule has 0 aliphatic heterocycles. The molecule has 1 aromatic rings. The Bertz CT molecular complexity index is 666. The first-order valence-corrected chi connectivity index (χ1v) is 5.52. The van der Waals surface area contributed by atoms with Crippen molar-refractivity contribution in [3.8, 4) is 12.1 Å². The van der Waals surface area contributed by atoms with Crippen LogP contribution in [0.15, 0.2) is 23.3 Å². The molecule has 1 N–H and O–H groups in total. The van der Waals surface area contributed by atoms with Crippen LogP contribution in [0.5, 0.6) is 0 Å². The smallest absolute Gasteiger partial charge is 0.340 e. The summed E-state index contributed by atoms with van der Waals surface area (Å²) >= 11 is 0. The van der Waals surface area contributed by atoms with Crippen LogP contribution in [-0.2, 0) is 9.47 Å². The molecule has 0 fully saturated rings. The molecule has 0 aromatic heterocycles. The van der Waals surface area contributed by atoms with Crippen molar-refractivity contribution in [1.29, 1.82) is 10.5 Å². The number of nitrogens with one attached hydrogen (secondary N) is 1. The van der Waals surface area contributed by atoms with Crippen LogP contribution < -0.4 is 5.43 Å². The maximum absolute atomic E-state index is 11.8. The summed E-state index contributed by atoms with van der Waals surface area (Å²) in [7, 11) is 2.32. The maximum Gasteiger partial charge on any atom is 0.340 e. The number of nitrogens with zero attached hydrogens (tertiary/aromatic N) is 3. The Hall–Kier alpha value is -3.39. The van der Waals surface area contributed by atoms with Gasteiger partial charge in [-0.15, -0.1) is 0 Å². The van der Waals surface area contributed by atoms with E-state index < -0.39 is 17.7 Å². The van der Waals surface area contributed by atoms with Crippen molar-refractivity contribution in [3.05, 3.63) is 29.3 Å². The standard InChI is InChI=1S/C13H10N4O4/c1-20-12(18)9-4-3-5-10(11(9)13(19)21-2)17-16-8(6-14)7-15/h3-5,17H,1-2H3. The number of carbonyl (C=O) groups is 2. The summed E-state index contributed by atoms with van der Waals surface area (Å²) in [4.78, 5) is 23.5. The predicted octanol–water partition coefficient (Wildman–Crippen LogP) is 1.07. The number of nitriles is 2. The Labute approximate surface area is 120 Å². The van der Waals surface area contributed by atoms with E-state index in [0.717, 1.165) is 7.11 Å². The molecule has 0 radical (unpaired) electrons. The summed E-state index contributed by atoms with van der Waals surface area (Å²) in [5.41, 5.74) is 1.92. The van der Waals surface area contributed by atoms with Gasteiger partial charge in [-0.2, -0.15) is 15.6 Å². The Morgan fingerprint density at radius 1 is 1.14 bits per heavy atom. The van der Waals surface area contributed by atoms with E-state index in [9.17, 15) is 9.59 Å². The second-order valence-electron chi connectivity index (χ2n) is 3.51. The Morgan fingerprint density at radius 3 is 2.29 bits per heavy atom. The third-order valence-corrected chi connectivity index (χ3v) is 2.36. The van der Waals surface area contributed by atoms with Gasteiger partial charge in [-0.05, 0) is 12.1 Å². The minimum atomic E-state index is -0.788. The van der Waals surface area contributed by atoms with E-state index >= 15 is 0 Å². The SMILES string of the molecule is COC(=O)c1cccc(NN=C(C#N)C#N)c1C(=O)OC. The number of methoxy groups -OCH3 is 2. The fraction of sp³-hybridized carbons (Fsp3) is 0.154. The molecular weight excluding hydrogens is 276 g/mol. The van der Waals surface area contributed by atoms with Crippen LogP contribution in [0.25, 0.3) is 0 Å². The van der Waals surface area contributed by atoms with Crippen LogP contribution >= 0.6 is 0 Å². The number of hydrazone groups is 1. The van der Waals surface area contributed by atoms with Gasteiger partial charge in [0.05, 0.1) is 31.0 Å². The number of benzene rings is 1. The van der Waals surface area contributed by atoms with Gasteiger partial charge in [-0.3, -0.25) is 5.43 Å². The lowest BCUT2D eigenvalue weighted by molar-refractivity contribution is 0.0556. The van der Waals surface area contributed by atoms with Crippen molar-refractivity contribution in [3.63, 3.8) is 0 Å². The third-order valence-electron chi connectivity index (χ3n) is 2.36. The van der Waals surface area contributed by atoms with E-state index in [1.54, 1.807) is 12.1 Å². The molecular formula is C13H10N4O4. The van der Waals surface area contributed by atoms with Crippen LogP contribution in [-0.4, -0.2) is 31.9 Å². The molecule has 8 nitrogen and oxygen atoms in total. The van der Waals surface area contributed by atoms with Gasteiger partial charge in [0.25, 0.3) is 0 Å². The molecule has 0 aliphatic carbocycles. The zero-order valence-corrected chi connectivity index (χ0v) is 11.2. The van der Waals surface area contributed by atoms with Crippen LogP contribution in [0.1, 0.15) is 20.7 Å². The first-order chi connectivity index (χ1) is 10.1. The molecule has 0 atom stereocenters. The fourth-order valence-electron chi connectivity index (χ4n) is 1.44. The molecule has 21 heavy (non-hydrogen) atoms. The third kappa shape index (κ3) is 3.55. The van der Waals surface area contributed by atoms with E-state index in [0.29, 0.717) is 0 Å². The molecule has 0 aliphatic rings. The van der Waals surface area contributed by atoms with Gasteiger partial charge in [-0.25, -0.2) is 9.59 Å². The van der Waals surface area contributed by atoms with Crippen molar-refractivity contribution in [2.45, 2.75) is 0 Å². The molecule has 1 aromatic carbocycles. The van der Waals surface area contributed by atoms with E-state index in [1.807, 2.05) is 0 Å². The van der Waals surface area contributed by atoms with Gasteiger partial charge >= 0.3 is 11.9 Å². The van der Waals surface area contributed by atoms with Crippen molar-refractivity contribution in [2.24, 2.45) is 5.10 Å². The van der Waals surface area contributed by atoms with E-state index in [1.165, 1.54) is 25.3 Å². The van der Waals surface area contributed by atoms with Crippen LogP contribution in [0, 0.1) is 22.7 Å². The summed E-state index contributed by atoms with van der Waals surface area (Å²) in [6, 6.07) is 7.40. The number of carbonyl (C=O) groups excluding carboxylic acids is 2. The van der Waals surface area contributed by atoms with Gasteiger partial charge < -0.3 is 9.47 Å². The maximum atomic E-state index is 11.8. The lowest BCUT2D eigenvalue weighted by atomic mass is 10.1. The van der Waals surface area contributed by atoms with Crippen molar-refractivity contribution >= 4 is 23.3 Å². The predicted molar refractivity (Wildman–Crippen MR) is 71.4 cm³/mol.